The minimum atomic E-state index is -0.596. The summed E-state index contributed by atoms with van der Waals surface area (Å²) in [4.78, 5) is 11.3. The van der Waals surface area contributed by atoms with Crippen LogP contribution in [0, 0.1) is 11.3 Å². The number of nitrogens with zero attached hydrogens (tertiary/aromatic N) is 1. The van der Waals surface area contributed by atoms with Crippen molar-refractivity contribution in [2.75, 3.05) is 11.1 Å². The number of para-hydroxylation sites is 1. The summed E-state index contributed by atoms with van der Waals surface area (Å²) in [6, 6.07) is 12.2. The molecule has 0 saturated heterocycles. The van der Waals surface area contributed by atoms with Crippen molar-refractivity contribution in [1.82, 2.24) is 0 Å². The van der Waals surface area contributed by atoms with Gasteiger partial charge in [-0.05, 0) is 30.3 Å². The van der Waals surface area contributed by atoms with Crippen LogP contribution in [0.2, 0.25) is 0 Å². The van der Waals surface area contributed by atoms with E-state index in [1.165, 1.54) is 0 Å². The third kappa shape index (κ3) is 2.73. The Hall–Kier alpha value is -2.52. The zero-order valence-electron chi connectivity index (χ0n) is 10.4. The lowest BCUT2D eigenvalue weighted by Crippen LogP contribution is -2.14. The molecule has 5 N–H and O–H groups in total. The topological polar surface area (TPSA) is 105 Å². The Morgan fingerprint density at radius 2 is 2.00 bits per heavy atom. The molecule has 20 heavy (non-hydrogen) atoms. The van der Waals surface area contributed by atoms with Crippen LogP contribution in [-0.2, 0) is 0 Å². The number of hydrogen-bond acceptors (Lipinski definition) is 4. The van der Waals surface area contributed by atoms with Crippen LogP contribution in [-0.4, -0.2) is 5.91 Å². The quantitative estimate of drug-likeness (QED) is 0.752. The summed E-state index contributed by atoms with van der Waals surface area (Å²) < 4.78 is 0.823. The Morgan fingerprint density at radius 3 is 2.65 bits per heavy atom. The molecule has 0 aliphatic rings. The Labute approximate surface area is 124 Å². The number of rotatable bonds is 3. The minimum Gasteiger partial charge on any atom is -0.396 e. The van der Waals surface area contributed by atoms with Gasteiger partial charge in [-0.1, -0.05) is 22.0 Å². The summed E-state index contributed by atoms with van der Waals surface area (Å²) in [5, 5.41) is 12.1. The number of nitriles is 1. The van der Waals surface area contributed by atoms with Gasteiger partial charge in [-0.25, -0.2) is 0 Å². The van der Waals surface area contributed by atoms with Crippen molar-refractivity contribution >= 4 is 38.9 Å². The number of anilines is 3. The number of carbonyl (C=O) groups excluding carboxylic acids is 1. The predicted octanol–water partition coefficient (Wildman–Crippen LogP) is 2.75. The van der Waals surface area contributed by atoms with Gasteiger partial charge in [0, 0.05) is 4.47 Å². The molecule has 0 aromatic heterocycles. The summed E-state index contributed by atoms with van der Waals surface area (Å²) in [6.07, 6.45) is 0. The van der Waals surface area contributed by atoms with Crippen LogP contribution in [0.1, 0.15) is 15.9 Å². The number of hydrogen-bond donors (Lipinski definition) is 3. The van der Waals surface area contributed by atoms with E-state index in [4.69, 9.17) is 16.7 Å². The van der Waals surface area contributed by atoms with Crippen LogP contribution < -0.4 is 16.8 Å². The van der Waals surface area contributed by atoms with E-state index in [9.17, 15) is 4.79 Å². The van der Waals surface area contributed by atoms with Crippen LogP contribution in [0.15, 0.2) is 40.9 Å². The monoisotopic (exact) mass is 330 g/mol. The summed E-state index contributed by atoms with van der Waals surface area (Å²) >= 11 is 3.34. The average molecular weight is 331 g/mol. The highest BCUT2D eigenvalue weighted by atomic mass is 79.9. The van der Waals surface area contributed by atoms with E-state index < -0.39 is 5.91 Å². The molecule has 0 saturated carbocycles. The molecule has 0 fully saturated rings. The Kier molecular flexibility index (Phi) is 3.91. The molecule has 5 nitrogen and oxygen atoms in total. The lowest BCUT2D eigenvalue weighted by molar-refractivity contribution is 0.100. The SMILES string of the molecule is N#Cc1ccc(Br)cc1Nc1cccc(C(N)=O)c1N. The van der Waals surface area contributed by atoms with E-state index >= 15 is 0 Å². The number of nitrogens with two attached hydrogens (primary N) is 2. The Balaban J connectivity index is 2.46. The largest absolute Gasteiger partial charge is 0.396 e. The van der Waals surface area contributed by atoms with Crippen LogP contribution in [0.3, 0.4) is 0 Å². The third-order valence-electron chi connectivity index (χ3n) is 2.74. The van der Waals surface area contributed by atoms with Crippen molar-refractivity contribution in [3.05, 3.63) is 52.0 Å². The fourth-order valence-corrected chi connectivity index (χ4v) is 2.11. The van der Waals surface area contributed by atoms with E-state index in [0.717, 1.165) is 4.47 Å². The molecule has 0 atom stereocenters. The lowest BCUT2D eigenvalue weighted by Gasteiger charge is -2.13. The van der Waals surface area contributed by atoms with E-state index in [-0.39, 0.29) is 11.3 Å². The first-order chi connectivity index (χ1) is 9.52. The van der Waals surface area contributed by atoms with Crippen LogP contribution in [0.5, 0.6) is 0 Å². The number of nitrogen functional groups attached to an aromatic ring is 1. The number of nitrogens with one attached hydrogen (secondary N) is 1. The molecule has 6 heteroatoms. The van der Waals surface area contributed by atoms with Gasteiger partial charge in [0.2, 0.25) is 0 Å². The van der Waals surface area contributed by atoms with Gasteiger partial charge in [0.15, 0.2) is 0 Å². The highest BCUT2D eigenvalue weighted by Gasteiger charge is 2.11. The number of primary amides is 1. The molecule has 0 unspecified atom stereocenters. The third-order valence-corrected chi connectivity index (χ3v) is 3.24. The first-order valence-corrected chi connectivity index (χ1v) is 6.47. The van der Waals surface area contributed by atoms with Gasteiger partial charge < -0.3 is 16.8 Å². The number of amides is 1. The van der Waals surface area contributed by atoms with E-state index in [0.29, 0.717) is 16.9 Å². The van der Waals surface area contributed by atoms with Gasteiger partial charge in [0.05, 0.1) is 28.2 Å². The molecule has 100 valence electrons. The van der Waals surface area contributed by atoms with Crippen molar-refractivity contribution in [1.29, 1.82) is 5.26 Å². The number of carbonyl (C=O) groups is 1. The second kappa shape index (κ2) is 5.63. The van der Waals surface area contributed by atoms with Crippen molar-refractivity contribution in [2.45, 2.75) is 0 Å². The maximum absolute atomic E-state index is 11.3. The highest BCUT2D eigenvalue weighted by Crippen LogP contribution is 2.29. The minimum absolute atomic E-state index is 0.239. The van der Waals surface area contributed by atoms with Gasteiger partial charge >= 0.3 is 0 Å². The van der Waals surface area contributed by atoms with E-state index in [1.807, 2.05) is 0 Å². The maximum Gasteiger partial charge on any atom is 0.250 e. The highest BCUT2D eigenvalue weighted by molar-refractivity contribution is 9.10. The molecular weight excluding hydrogens is 320 g/mol. The Bertz CT molecular complexity index is 722. The predicted molar refractivity (Wildman–Crippen MR) is 81.5 cm³/mol. The van der Waals surface area contributed by atoms with Crippen LogP contribution in [0.25, 0.3) is 0 Å². The fraction of sp³-hybridized carbons (Fsp3) is 0. The van der Waals surface area contributed by atoms with Gasteiger partial charge in [0.1, 0.15) is 6.07 Å². The first kappa shape index (κ1) is 13.9. The maximum atomic E-state index is 11.3. The summed E-state index contributed by atoms with van der Waals surface area (Å²) in [5.74, 6) is -0.596. The van der Waals surface area contributed by atoms with Gasteiger partial charge in [-0.15, -0.1) is 0 Å². The molecule has 0 heterocycles. The molecular formula is C14H11BrN4O. The Morgan fingerprint density at radius 1 is 1.25 bits per heavy atom. The van der Waals surface area contributed by atoms with Crippen molar-refractivity contribution < 1.29 is 4.79 Å². The van der Waals surface area contributed by atoms with Crippen molar-refractivity contribution in [3.8, 4) is 6.07 Å². The molecule has 0 radical (unpaired) electrons. The first-order valence-electron chi connectivity index (χ1n) is 5.68. The molecule has 2 aromatic rings. The fourth-order valence-electron chi connectivity index (χ4n) is 1.75. The molecule has 0 spiro atoms. The van der Waals surface area contributed by atoms with Crippen LogP contribution in [0.4, 0.5) is 17.1 Å². The molecule has 2 rings (SSSR count). The zero-order chi connectivity index (χ0) is 14.7. The normalized spacial score (nSPS) is 9.80. The molecule has 0 aliphatic heterocycles. The standard InChI is InChI=1S/C14H11BrN4O/c15-9-5-4-8(7-16)12(6-9)19-11-3-1-2-10(13(11)17)14(18)20/h1-6,19H,17H2,(H2,18,20). The van der Waals surface area contributed by atoms with Crippen molar-refractivity contribution in [3.63, 3.8) is 0 Å². The van der Waals surface area contributed by atoms with Gasteiger partial charge in [-0.3, -0.25) is 4.79 Å². The summed E-state index contributed by atoms with van der Waals surface area (Å²) in [5.41, 5.74) is 13.2. The summed E-state index contributed by atoms with van der Waals surface area (Å²) in [6.45, 7) is 0. The van der Waals surface area contributed by atoms with E-state index in [1.54, 1.807) is 36.4 Å². The number of halogens is 1. The lowest BCUT2D eigenvalue weighted by atomic mass is 10.1. The second-order valence-corrected chi connectivity index (χ2v) is 4.97. The smallest absolute Gasteiger partial charge is 0.250 e. The van der Waals surface area contributed by atoms with Crippen LogP contribution >= 0.6 is 15.9 Å². The molecule has 0 aliphatic carbocycles. The van der Waals surface area contributed by atoms with Gasteiger partial charge in [0.25, 0.3) is 5.91 Å². The number of benzene rings is 2. The molecule has 2 aromatic carbocycles. The molecule has 1 amide bonds. The van der Waals surface area contributed by atoms with Gasteiger partial charge in [-0.2, -0.15) is 5.26 Å². The zero-order valence-corrected chi connectivity index (χ0v) is 11.9. The van der Waals surface area contributed by atoms with Crippen molar-refractivity contribution in [2.24, 2.45) is 5.73 Å². The van der Waals surface area contributed by atoms with E-state index in [2.05, 4.69) is 27.3 Å². The second-order valence-electron chi connectivity index (χ2n) is 4.06. The average Bonchev–Trinajstić information content (AvgIpc) is 2.41. The summed E-state index contributed by atoms with van der Waals surface area (Å²) in [7, 11) is 0. The molecule has 0 bridgehead atoms.